The van der Waals surface area contributed by atoms with Crippen LogP contribution in [0, 0.1) is 0 Å². The predicted molar refractivity (Wildman–Crippen MR) is 77.2 cm³/mol. The Balaban J connectivity index is 1.93. The molecular formula is C15H17ClN2. The molecule has 0 N–H and O–H groups in total. The van der Waals surface area contributed by atoms with E-state index in [1.807, 2.05) is 24.4 Å². The molecule has 0 saturated heterocycles. The number of anilines is 1. The van der Waals surface area contributed by atoms with Crippen LogP contribution < -0.4 is 4.90 Å². The number of halogens is 1. The highest BCUT2D eigenvalue weighted by molar-refractivity contribution is 6.17. The van der Waals surface area contributed by atoms with Crippen molar-refractivity contribution in [2.45, 2.75) is 12.3 Å². The number of hydrogen-bond donors (Lipinski definition) is 0. The maximum absolute atomic E-state index is 5.75. The fourth-order valence-corrected chi connectivity index (χ4v) is 1.94. The van der Waals surface area contributed by atoms with Crippen molar-refractivity contribution in [2.24, 2.45) is 0 Å². The smallest absolute Gasteiger partial charge is 0.128 e. The summed E-state index contributed by atoms with van der Waals surface area (Å²) in [6.07, 6.45) is 2.86. The van der Waals surface area contributed by atoms with E-state index >= 15 is 0 Å². The molecule has 0 amide bonds. The van der Waals surface area contributed by atoms with Crippen molar-refractivity contribution >= 4 is 17.4 Å². The first-order chi connectivity index (χ1) is 8.79. The van der Waals surface area contributed by atoms with Gasteiger partial charge in [-0.2, -0.15) is 0 Å². The molecule has 1 heterocycles. The molecule has 0 fully saturated rings. The van der Waals surface area contributed by atoms with E-state index in [0.717, 1.165) is 24.3 Å². The largest absolute Gasteiger partial charge is 0.359 e. The highest BCUT2D eigenvalue weighted by atomic mass is 35.5. The molecule has 2 nitrogen and oxygen atoms in total. The summed E-state index contributed by atoms with van der Waals surface area (Å²) in [5.74, 6) is 1.50. The average molecular weight is 261 g/mol. The summed E-state index contributed by atoms with van der Waals surface area (Å²) < 4.78 is 0. The van der Waals surface area contributed by atoms with E-state index in [-0.39, 0.29) is 0 Å². The zero-order chi connectivity index (χ0) is 12.8. The first kappa shape index (κ1) is 12.9. The summed E-state index contributed by atoms with van der Waals surface area (Å²) in [5, 5.41) is 0. The summed E-state index contributed by atoms with van der Waals surface area (Å²) in [6.45, 7) is 0.956. The van der Waals surface area contributed by atoms with Crippen LogP contribution in [0.15, 0.2) is 48.7 Å². The Morgan fingerprint density at radius 3 is 2.44 bits per heavy atom. The van der Waals surface area contributed by atoms with Gasteiger partial charge >= 0.3 is 0 Å². The quantitative estimate of drug-likeness (QED) is 0.765. The first-order valence-electron chi connectivity index (χ1n) is 6.05. The molecule has 3 heteroatoms. The molecule has 2 aromatic rings. The minimum absolute atomic E-state index is 0.515. The second kappa shape index (κ2) is 6.41. The molecule has 0 aliphatic carbocycles. The number of nitrogens with zero attached hydrogens (tertiary/aromatic N) is 2. The van der Waals surface area contributed by atoms with Gasteiger partial charge in [-0.05, 0) is 23.6 Å². The monoisotopic (exact) mass is 260 g/mol. The summed E-state index contributed by atoms with van der Waals surface area (Å²) in [6, 6.07) is 14.5. The van der Waals surface area contributed by atoms with Crippen molar-refractivity contribution in [3.8, 4) is 0 Å². The maximum Gasteiger partial charge on any atom is 0.128 e. The van der Waals surface area contributed by atoms with Gasteiger partial charge in [0.05, 0.1) is 0 Å². The Kier molecular flexibility index (Phi) is 4.59. The van der Waals surface area contributed by atoms with Crippen molar-refractivity contribution in [3.05, 3.63) is 59.8 Å². The van der Waals surface area contributed by atoms with E-state index in [9.17, 15) is 0 Å². The van der Waals surface area contributed by atoms with Crippen LogP contribution in [0.3, 0.4) is 0 Å². The van der Waals surface area contributed by atoms with Gasteiger partial charge in [0.1, 0.15) is 5.82 Å². The van der Waals surface area contributed by atoms with Crippen LogP contribution in [0.4, 0.5) is 5.82 Å². The Labute approximate surface area is 113 Å². The zero-order valence-corrected chi connectivity index (χ0v) is 11.3. The minimum Gasteiger partial charge on any atom is -0.359 e. The van der Waals surface area contributed by atoms with Gasteiger partial charge in [0.2, 0.25) is 0 Å². The molecule has 0 spiro atoms. The Morgan fingerprint density at radius 1 is 1.06 bits per heavy atom. The van der Waals surface area contributed by atoms with Gasteiger partial charge in [0, 0.05) is 25.7 Å². The average Bonchev–Trinajstić information content (AvgIpc) is 2.46. The van der Waals surface area contributed by atoms with E-state index < -0.39 is 0 Å². The van der Waals surface area contributed by atoms with E-state index in [4.69, 9.17) is 11.6 Å². The zero-order valence-electron chi connectivity index (χ0n) is 10.5. The Bertz CT molecular complexity index is 468. The number of alkyl halides is 1. The van der Waals surface area contributed by atoms with Crippen LogP contribution in [0.2, 0.25) is 0 Å². The van der Waals surface area contributed by atoms with E-state index in [1.165, 1.54) is 5.56 Å². The lowest BCUT2D eigenvalue weighted by atomic mass is 10.1. The highest BCUT2D eigenvalue weighted by Crippen LogP contribution is 2.11. The topological polar surface area (TPSA) is 16.1 Å². The lowest BCUT2D eigenvalue weighted by Crippen LogP contribution is -2.21. The van der Waals surface area contributed by atoms with Crippen molar-refractivity contribution in [1.29, 1.82) is 0 Å². The van der Waals surface area contributed by atoms with Gasteiger partial charge in [-0.15, -0.1) is 11.6 Å². The van der Waals surface area contributed by atoms with Gasteiger partial charge in [-0.3, -0.25) is 0 Å². The third-order valence-electron chi connectivity index (χ3n) is 2.93. The Hall–Kier alpha value is -1.54. The Morgan fingerprint density at radius 2 is 1.83 bits per heavy atom. The molecule has 0 aliphatic rings. The number of rotatable bonds is 5. The lowest BCUT2D eigenvalue weighted by Gasteiger charge is -2.18. The second-order valence-electron chi connectivity index (χ2n) is 4.32. The van der Waals surface area contributed by atoms with Crippen LogP contribution >= 0.6 is 11.6 Å². The molecule has 18 heavy (non-hydrogen) atoms. The fourth-order valence-electron chi connectivity index (χ4n) is 1.78. The molecule has 0 atom stereocenters. The van der Waals surface area contributed by atoms with Gasteiger partial charge in [-0.1, -0.05) is 36.4 Å². The molecule has 0 saturated carbocycles. The van der Waals surface area contributed by atoms with Crippen molar-refractivity contribution < 1.29 is 0 Å². The number of pyridine rings is 1. The lowest BCUT2D eigenvalue weighted by molar-refractivity contribution is 0.859. The molecule has 1 aromatic heterocycles. The van der Waals surface area contributed by atoms with E-state index in [0.29, 0.717) is 5.88 Å². The number of aromatic nitrogens is 1. The molecule has 2 rings (SSSR count). The van der Waals surface area contributed by atoms with E-state index in [1.54, 1.807) is 0 Å². The molecular weight excluding hydrogens is 244 g/mol. The molecule has 0 unspecified atom stereocenters. The summed E-state index contributed by atoms with van der Waals surface area (Å²) in [5.41, 5.74) is 2.40. The van der Waals surface area contributed by atoms with Crippen LogP contribution in [0.5, 0.6) is 0 Å². The number of likely N-dealkylation sites (N-methyl/N-ethyl adjacent to an activating group) is 1. The molecule has 0 radical (unpaired) electrons. The van der Waals surface area contributed by atoms with Crippen molar-refractivity contribution in [3.63, 3.8) is 0 Å². The van der Waals surface area contributed by atoms with Gasteiger partial charge in [0.25, 0.3) is 0 Å². The van der Waals surface area contributed by atoms with Crippen LogP contribution in [0.25, 0.3) is 0 Å². The number of benzene rings is 1. The van der Waals surface area contributed by atoms with Crippen LogP contribution in [-0.4, -0.2) is 18.6 Å². The van der Waals surface area contributed by atoms with Gasteiger partial charge in [-0.25, -0.2) is 4.98 Å². The molecule has 94 valence electrons. The normalized spacial score (nSPS) is 10.3. The van der Waals surface area contributed by atoms with Crippen molar-refractivity contribution in [2.75, 3.05) is 18.5 Å². The van der Waals surface area contributed by atoms with Crippen molar-refractivity contribution in [1.82, 2.24) is 4.98 Å². The summed E-state index contributed by atoms with van der Waals surface area (Å²) in [4.78, 5) is 6.56. The van der Waals surface area contributed by atoms with Gasteiger partial charge in [0.15, 0.2) is 0 Å². The van der Waals surface area contributed by atoms with Gasteiger partial charge < -0.3 is 4.90 Å². The highest BCUT2D eigenvalue weighted by Gasteiger charge is 2.02. The predicted octanol–water partition coefficient (Wildman–Crippen LogP) is 3.50. The SMILES string of the molecule is CN(CCc1ccccc1)c1ccc(CCl)cn1. The summed E-state index contributed by atoms with van der Waals surface area (Å²) in [7, 11) is 2.06. The second-order valence-corrected chi connectivity index (χ2v) is 4.58. The number of hydrogen-bond acceptors (Lipinski definition) is 2. The standard InChI is InChI=1S/C15H17ClN2/c1-18(10-9-13-5-3-2-4-6-13)15-8-7-14(11-16)12-17-15/h2-8,12H,9-11H2,1H3. The molecule has 0 bridgehead atoms. The third-order valence-corrected chi connectivity index (χ3v) is 3.24. The van der Waals surface area contributed by atoms with E-state index in [2.05, 4.69) is 41.2 Å². The summed E-state index contributed by atoms with van der Waals surface area (Å²) >= 11 is 5.75. The maximum atomic E-state index is 5.75. The third kappa shape index (κ3) is 3.47. The van der Waals surface area contributed by atoms with Crippen LogP contribution in [-0.2, 0) is 12.3 Å². The molecule has 1 aromatic carbocycles. The minimum atomic E-state index is 0.515. The molecule has 0 aliphatic heterocycles. The van der Waals surface area contributed by atoms with Crippen LogP contribution in [0.1, 0.15) is 11.1 Å². The first-order valence-corrected chi connectivity index (χ1v) is 6.59. The fraction of sp³-hybridized carbons (Fsp3) is 0.267.